The van der Waals surface area contributed by atoms with Crippen LogP contribution < -0.4 is 10.9 Å². The first-order valence-corrected chi connectivity index (χ1v) is 9.09. The first-order valence-electron chi connectivity index (χ1n) is 9.09. The van der Waals surface area contributed by atoms with E-state index in [1.807, 2.05) is 26.8 Å². The quantitative estimate of drug-likeness (QED) is 0.733. The van der Waals surface area contributed by atoms with Crippen molar-refractivity contribution >= 4 is 11.7 Å². The molecular formula is C20H24N6O2. The summed E-state index contributed by atoms with van der Waals surface area (Å²) in [6.45, 7) is 7.90. The molecule has 0 fully saturated rings. The Morgan fingerprint density at radius 3 is 2.57 bits per heavy atom. The molecule has 3 rings (SSSR count). The summed E-state index contributed by atoms with van der Waals surface area (Å²) in [7, 11) is 1.76. The van der Waals surface area contributed by atoms with Gasteiger partial charge < -0.3 is 9.88 Å². The molecule has 1 amide bonds. The molecule has 8 nitrogen and oxygen atoms in total. The lowest BCUT2D eigenvalue weighted by atomic mass is 10.1. The van der Waals surface area contributed by atoms with Gasteiger partial charge in [0.25, 0.3) is 11.5 Å². The molecule has 146 valence electrons. The summed E-state index contributed by atoms with van der Waals surface area (Å²) in [5, 5.41) is 7.19. The average Bonchev–Trinajstić information content (AvgIpc) is 3.00. The summed E-state index contributed by atoms with van der Waals surface area (Å²) < 4.78 is 3.07. The van der Waals surface area contributed by atoms with Gasteiger partial charge in [-0.2, -0.15) is 5.10 Å². The second-order valence-corrected chi connectivity index (χ2v) is 7.14. The molecule has 1 N–H and O–H groups in total. The van der Waals surface area contributed by atoms with E-state index in [2.05, 4.69) is 20.4 Å². The lowest BCUT2D eigenvalue weighted by molar-refractivity contribution is 0.102. The zero-order valence-corrected chi connectivity index (χ0v) is 16.7. The molecule has 3 aromatic heterocycles. The number of carbonyl (C=O) groups is 1. The van der Waals surface area contributed by atoms with Crippen LogP contribution in [-0.2, 0) is 13.6 Å². The van der Waals surface area contributed by atoms with Gasteiger partial charge in [0.15, 0.2) is 0 Å². The Bertz CT molecular complexity index is 1060. The highest BCUT2D eigenvalue weighted by Crippen LogP contribution is 2.18. The summed E-state index contributed by atoms with van der Waals surface area (Å²) in [4.78, 5) is 34.2. The molecule has 0 aliphatic rings. The van der Waals surface area contributed by atoms with E-state index in [0.29, 0.717) is 17.1 Å². The summed E-state index contributed by atoms with van der Waals surface area (Å²) in [6, 6.07) is 3.57. The first-order chi connectivity index (χ1) is 13.3. The number of pyridine rings is 1. The van der Waals surface area contributed by atoms with Crippen LogP contribution >= 0.6 is 0 Å². The predicted molar refractivity (Wildman–Crippen MR) is 107 cm³/mol. The second kappa shape index (κ2) is 7.75. The smallest absolute Gasteiger partial charge is 0.264 e. The van der Waals surface area contributed by atoms with Gasteiger partial charge in [0, 0.05) is 25.5 Å². The highest BCUT2D eigenvalue weighted by atomic mass is 16.2. The van der Waals surface area contributed by atoms with Crippen LogP contribution in [0.5, 0.6) is 0 Å². The van der Waals surface area contributed by atoms with E-state index < -0.39 is 5.91 Å². The number of carbonyl (C=O) groups excluding carboxylic acids is 1. The number of aromatic nitrogens is 5. The molecule has 0 aliphatic carbocycles. The summed E-state index contributed by atoms with van der Waals surface area (Å²) in [6.07, 6.45) is 4.94. The Kier molecular flexibility index (Phi) is 5.39. The average molecular weight is 380 g/mol. The number of nitrogens with one attached hydrogen (secondary N) is 1. The lowest BCUT2D eigenvalue weighted by Crippen LogP contribution is -2.31. The third kappa shape index (κ3) is 4.00. The van der Waals surface area contributed by atoms with E-state index in [4.69, 9.17) is 0 Å². The fourth-order valence-corrected chi connectivity index (χ4v) is 2.81. The zero-order chi connectivity index (χ0) is 20.4. The van der Waals surface area contributed by atoms with Crippen molar-refractivity contribution in [2.75, 3.05) is 5.32 Å². The lowest BCUT2D eigenvalue weighted by Gasteiger charge is -2.11. The van der Waals surface area contributed by atoms with Crippen LogP contribution in [0, 0.1) is 13.8 Å². The van der Waals surface area contributed by atoms with Gasteiger partial charge >= 0.3 is 0 Å². The van der Waals surface area contributed by atoms with Gasteiger partial charge in [0.2, 0.25) is 0 Å². The van der Waals surface area contributed by atoms with Crippen molar-refractivity contribution in [2.45, 2.75) is 40.2 Å². The highest BCUT2D eigenvalue weighted by molar-refractivity contribution is 6.04. The number of hydrogen-bond acceptors (Lipinski definition) is 5. The number of nitrogens with zero attached hydrogens (tertiary/aromatic N) is 5. The van der Waals surface area contributed by atoms with Gasteiger partial charge in [0.05, 0.1) is 29.8 Å². The van der Waals surface area contributed by atoms with Crippen molar-refractivity contribution in [3.05, 3.63) is 69.3 Å². The van der Waals surface area contributed by atoms with Crippen LogP contribution in [0.25, 0.3) is 0 Å². The van der Waals surface area contributed by atoms with Gasteiger partial charge in [-0.15, -0.1) is 0 Å². The second-order valence-electron chi connectivity index (χ2n) is 7.14. The summed E-state index contributed by atoms with van der Waals surface area (Å²) in [5.74, 6) is 0.334. The van der Waals surface area contributed by atoms with E-state index in [-0.39, 0.29) is 23.6 Å². The van der Waals surface area contributed by atoms with Gasteiger partial charge in [-0.05, 0) is 31.4 Å². The van der Waals surface area contributed by atoms with Gasteiger partial charge in [-0.1, -0.05) is 13.8 Å². The SMILES string of the molecule is Cc1cnc(Cn2ccc(C)c(C(=O)Nc3cc(C(C)C)nn3C)c2=O)cn1. The van der Waals surface area contributed by atoms with Crippen LogP contribution in [-0.4, -0.2) is 30.2 Å². The van der Waals surface area contributed by atoms with Crippen LogP contribution in [0.3, 0.4) is 0 Å². The molecule has 3 aromatic rings. The fraction of sp³-hybridized carbons (Fsp3) is 0.350. The molecule has 0 bridgehead atoms. The Labute approximate surface area is 163 Å². The Morgan fingerprint density at radius 1 is 1.21 bits per heavy atom. The van der Waals surface area contributed by atoms with Crippen molar-refractivity contribution in [3.63, 3.8) is 0 Å². The molecule has 0 aromatic carbocycles. The molecule has 0 spiro atoms. The molecule has 0 aliphatic heterocycles. The standard InChI is InChI=1S/C20H24N6O2/c1-12(2)16-8-17(25(5)24-16)23-19(27)18-13(3)6-7-26(20(18)28)11-15-10-21-14(4)9-22-15/h6-10,12H,11H2,1-5H3,(H,23,27). The minimum Gasteiger partial charge on any atom is -0.309 e. The molecule has 0 atom stereocenters. The number of rotatable bonds is 5. The van der Waals surface area contributed by atoms with E-state index in [1.165, 1.54) is 4.57 Å². The van der Waals surface area contributed by atoms with Gasteiger partial charge in [-0.25, -0.2) is 0 Å². The van der Waals surface area contributed by atoms with E-state index in [0.717, 1.165) is 11.4 Å². The molecule has 0 saturated carbocycles. The maximum Gasteiger partial charge on any atom is 0.264 e. The zero-order valence-electron chi connectivity index (χ0n) is 16.7. The Balaban J connectivity index is 1.90. The van der Waals surface area contributed by atoms with Crippen LogP contribution in [0.2, 0.25) is 0 Å². The third-order valence-corrected chi connectivity index (χ3v) is 4.50. The molecule has 8 heteroatoms. The van der Waals surface area contributed by atoms with Crippen LogP contribution in [0.15, 0.2) is 35.5 Å². The minimum absolute atomic E-state index is 0.106. The number of amides is 1. The minimum atomic E-state index is -0.454. The monoisotopic (exact) mass is 380 g/mol. The maximum atomic E-state index is 12.9. The van der Waals surface area contributed by atoms with Crippen molar-refractivity contribution in [1.29, 1.82) is 0 Å². The first kappa shape index (κ1) is 19.5. The maximum absolute atomic E-state index is 12.9. The topological polar surface area (TPSA) is 94.7 Å². The number of anilines is 1. The molecule has 3 heterocycles. The largest absolute Gasteiger partial charge is 0.309 e. The third-order valence-electron chi connectivity index (χ3n) is 4.50. The molecule has 0 radical (unpaired) electrons. The van der Waals surface area contributed by atoms with Crippen molar-refractivity contribution in [2.24, 2.45) is 7.05 Å². The van der Waals surface area contributed by atoms with Crippen LogP contribution in [0.1, 0.15) is 52.8 Å². The van der Waals surface area contributed by atoms with E-state index in [9.17, 15) is 9.59 Å². The Morgan fingerprint density at radius 2 is 1.96 bits per heavy atom. The molecule has 0 saturated heterocycles. The number of hydrogen-bond donors (Lipinski definition) is 1. The van der Waals surface area contributed by atoms with Crippen molar-refractivity contribution < 1.29 is 4.79 Å². The van der Waals surface area contributed by atoms with Gasteiger partial charge in [0.1, 0.15) is 11.4 Å². The highest BCUT2D eigenvalue weighted by Gasteiger charge is 2.18. The Hall–Kier alpha value is -3.29. The number of aryl methyl sites for hydroxylation is 3. The molecular weight excluding hydrogens is 356 g/mol. The van der Waals surface area contributed by atoms with Gasteiger partial charge in [-0.3, -0.25) is 24.2 Å². The van der Waals surface area contributed by atoms with E-state index >= 15 is 0 Å². The normalized spacial score (nSPS) is 11.1. The summed E-state index contributed by atoms with van der Waals surface area (Å²) >= 11 is 0. The molecule has 0 unspecified atom stereocenters. The predicted octanol–water partition coefficient (Wildman–Crippen LogP) is 2.41. The summed E-state index contributed by atoms with van der Waals surface area (Å²) in [5.41, 5.74) is 2.67. The molecule has 28 heavy (non-hydrogen) atoms. The van der Waals surface area contributed by atoms with Crippen molar-refractivity contribution in [1.82, 2.24) is 24.3 Å². The van der Waals surface area contributed by atoms with E-state index in [1.54, 1.807) is 43.3 Å². The van der Waals surface area contributed by atoms with Crippen molar-refractivity contribution in [3.8, 4) is 0 Å². The van der Waals surface area contributed by atoms with Crippen LogP contribution in [0.4, 0.5) is 5.82 Å². The fourth-order valence-electron chi connectivity index (χ4n) is 2.81.